The first-order chi connectivity index (χ1) is 26.7. The van der Waals surface area contributed by atoms with Gasteiger partial charge in [-0.05, 0) is 71.6 Å². The molecular formula is C43H51N5O7. The zero-order chi connectivity index (χ0) is 38.7. The molecule has 1 saturated carbocycles. The van der Waals surface area contributed by atoms with Crippen molar-refractivity contribution >= 4 is 29.9 Å². The smallest absolute Gasteiger partial charge is 0.407 e. The van der Waals surface area contributed by atoms with Gasteiger partial charge in [0.05, 0.1) is 6.04 Å². The van der Waals surface area contributed by atoms with Crippen LogP contribution in [0.2, 0.25) is 0 Å². The molecular weight excluding hydrogens is 699 g/mol. The van der Waals surface area contributed by atoms with Crippen LogP contribution in [0.15, 0.2) is 96.3 Å². The highest BCUT2D eigenvalue weighted by molar-refractivity contribution is 5.93. The quantitative estimate of drug-likeness (QED) is 0.113. The van der Waals surface area contributed by atoms with Gasteiger partial charge in [0.2, 0.25) is 17.7 Å². The summed E-state index contributed by atoms with van der Waals surface area (Å²) in [6, 6.07) is 14.0. The van der Waals surface area contributed by atoms with Gasteiger partial charge in [0.15, 0.2) is 0 Å². The molecule has 1 aliphatic heterocycles. The van der Waals surface area contributed by atoms with Crippen molar-refractivity contribution in [2.24, 2.45) is 5.92 Å². The standard InChI is InChI=1S/C43H51N5O7/c1-3-22-54-42(52)44-21-11-18-36(40(50)45-29-19-20-30-27(2)23-39(49)46-37(30)25-29)47-41(51)38(24-28-12-5-4-6-13-28)48-43(53)55-26-35-33-16-9-7-14-31(33)32-15-8-10-17-34(32)35/h3,7-10,14-17,19-20,23,28,35-38H,1,4-6,11-13,18,21-22,24-26H2,2H3,(H,44,52)(H,45,50)(H,46,49)(H,47,51)(H,48,53)/t36-,37?,38-/m0/s1. The van der Waals surface area contributed by atoms with E-state index in [9.17, 15) is 24.0 Å². The van der Waals surface area contributed by atoms with Crippen molar-refractivity contribution in [2.75, 3.05) is 19.8 Å². The largest absolute Gasteiger partial charge is 0.449 e. The number of rotatable bonds is 15. The van der Waals surface area contributed by atoms with E-state index in [0.29, 0.717) is 25.0 Å². The normalized spacial score (nSPS) is 18.7. The molecule has 5 N–H and O–H groups in total. The summed E-state index contributed by atoms with van der Waals surface area (Å²) < 4.78 is 10.8. The molecule has 5 amide bonds. The molecule has 0 bridgehead atoms. The van der Waals surface area contributed by atoms with Gasteiger partial charge in [0.25, 0.3) is 0 Å². The predicted octanol–water partition coefficient (Wildman–Crippen LogP) is 5.82. The summed E-state index contributed by atoms with van der Waals surface area (Å²) in [6.45, 7) is 5.78. The summed E-state index contributed by atoms with van der Waals surface area (Å²) in [4.78, 5) is 65.6. The van der Waals surface area contributed by atoms with Crippen molar-refractivity contribution in [3.8, 4) is 11.1 Å². The first kappa shape index (κ1) is 39.1. The SMILES string of the molecule is C=CCOC(=O)NCCC[C@H](NC(=O)[C@H](CC1CCCCC1)NC(=O)OCC1c2ccccc2-c2ccccc21)C(=O)NC1=CC=C2C(C)=CC(=O)NC2C1. The van der Waals surface area contributed by atoms with Gasteiger partial charge in [-0.1, -0.05) is 99.4 Å². The number of carbonyl (C=O) groups excluding carboxylic acids is 5. The number of allylic oxidation sites excluding steroid dienone is 2. The van der Waals surface area contributed by atoms with Crippen LogP contribution in [0.1, 0.15) is 81.8 Å². The van der Waals surface area contributed by atoms with E-state index < -0.39 is 36.1 Å². The predicted molar refractivity (Wildman–Crippen MR) is 209 cm³/mol. The number of alkyl carbamates (subject to hydrolysis) is 2. The molecule has 290 valence electrons. The molecule has 1 heterocycles. The second-order valence-electron chi connectivity index (χ2n) is 14.7. The Labute approximate surface area is 322 Å². The van der Waals surface area contributed by atoms with Gasteiger partial charge < -0.3 is 36.1 Å². The van der Waals surface area contributed by atoms with Gasteiger partial charge in [-0.2, -0.15) is 0 Å². The zero-order valence-corrected chi connectivity index (χ0v) is 31.4. The van der Waals surface area contributed by atoms with Crippen LogP contribution in [0.4, 0.5) is 9.59 Å². The molecule has 4 aliphatic rings. The molecule has 0 radical (unpaired) electrons. The van der Waals surface area contributed by atoms with Crippen molar-refractivity contribution in [3.63, 3.8) is 0 Å². The lowest BCUT2D eigenvalue weighted by atomic mass is 9.84. The molecule has 1 fully saturated rings. The third-order valence-electron chi connectivity index (χ3n) is 10.8. The Bertz CT molecular complexity index is 1830. The van der Waals surface area contributed by atoms with E-state index in [0.717, 1.165) is 65.5 Å². The summed E-state index contributed by atoms with van der Waals surface area (Å²) in [5.74, 6) is -1.03. The summed E-state index contributed by atoms with van der Waals surface area (Å²) in [7, 11) is 0. The number of benzene rings is 2. The fraction of sp³-hybridized carbons (Fsp3) is 0.419. The number of ether oxygens (including phenoxy) is 2. The number of fused-ring (bicyclic) bond motifs is 4. The third-order valence-corrected chi connectivity index (χ3v) is 10.8. The van der Waals surface area contributed by atoms with Crippen molar-refractivity contribution in [1.29, 1.82) is 0 Å². The van der Waals surface area contributed by atoms with Crippen LogP contribution < -0.4 is 26.6 Å². The monoisotopic (exact) mass is 749 g/mol. The van der Waals surface area contributed by atoms with E-state index >= 15 is 0 Å². The fourth-order valence-electron chi connectivity index (χ4n) is 8.06. The van der Waals surface area contributed by atoms with Gasteiger partial charge in [0, 0.05) is 30.7 Å². The maximum Gasteiger partial charge on any atom is 0.407 e. The van der Waals surface area contributed by atoms with E-state index in [1.807, 2.05) is 49.4 Å². The number of nitrogens with one attached hydrogen (secondary N) is 5. The fourth-order valence-corrected chi connectivity index (χ4v) is 8.06. The van der Waals surface area contributed by atoms with E-state index in [4.69, 9.17) is 9.47 Å². The Morgan fingerprint density at radius 3 is 2.31 bits per heavy atom. The maximum atomic E-state index is 14.1. The Balaban J connectivity index is 1.14. The molecule has 1 unspecified atom stereocenters. The summed E-state index contributed by atoms with van der Waals surface area (Å²) in [6.07, 6.45) is 11.8. The minimum atomic E-state index is -0.995. The first-order valence-electron chi connectivity index (χ1n) is 19.3. The number of amides is 5. The summed E-state index contributed by atoms with van der Waals surface area (Å²) >= 11 is 0. The number of carbonyl (C=O) groups is 5. The van der Waals surface area contributed by atoms with Gasteiger partial charge in [-0.3, -0.25) is 14.4 Å². The van der Waals surface area contributed by atoms with Gasteiger partial charge in [-0.25, -0.2) is 9.59 Å². The van der Waals surface area contributed by atoms with Gasteiger partial charge in [0.1, 0.15) is 25.3 Å². The van der Waals surface area contributed by atoms with E-state index in [1.54, 1.807) is 12.2 Å². The molecule has 0 saturated heterocycles. The Hall–Kier alpha value is -5.65. The second kappa shape index (κ2) is 18.6. The lowest BCUT2D eigenvalue weighted by Gasteiger charge is -2.30. The lowest BCUT2D eigenvalue weighted by molar-refractivity contribution is -0.130. The molecule has 2 aromatic carbocycles. The van der Waals surface area contributed by atoms with Crippen LogP contribution in [-0.4, -0.2) is 67.8 Å². The first-order valence-corrected chi connectivity index (χ1v) is 19.3. The minimum Gasteiger partial charge on any atom is -0.449 e. The lowest BCUT2D eigenvalue weighted by Crippen LogP contribution is -2.54. The van der Waals surface area contributed by atoms with Crippen LogP contribution in [0.5, 0.6) is 0 Å². The molecule has 12 nitrogen and oxygen atoms in total. The van der Waals surface area contributed by atoms with Crippen molar-refractivity contribution < 1.29 is 33.4 Å². The maximum absolute atomic E-state index is 14.1. The highest BCUT2D eigenvalue weighted by atomic mass is 16.6. The average Bonchev–Trinajstić information content (AvgIpc) is 3.50. The Morgan fingerprint density at radius 1 is 0.891 bits per heavy atom. The molecule has 3 aliphatic carbocycles. The van der Waals surface area contributed by atoms with Crippen molar-refractivity contribution in [2.45, 2.75) is 88.8 Å². The summed E-state index contributed by atoms with van der Waals surface area (Å²) in [5.41, 5.74) is 6.84. The van der Waals surface area contributed by atoms with E-state index in [-0.39, 0.29) is 50.0 Å². The molecule has 6 rings (SSSR count). The molecule has 0 aromatic heterocycles. The Morgan fingerprint density at radius 2 is 1.60 bits per heavy atom. The van der Waals surface area contributed by atoms with Gasteiger partial charge >= 0.3 is 12.2 Å². The van der Waals surface area contributed by atoms with Crippen LogP contribution in [0, 0.1) is 5.92 Å². The van der Waals surface area contributed by atoms with Crippen LogP contribution in [0.3, 0.4) is 0 Å². The third kappa shape index (κ3) is 10.1. The van der Waals surface area contributed by atoms with Crippen LogP contribution >= 0.6 is 0 Å². The molecule has 55 heavy (non-hydrogen) atoms. The second-order valence-corrected chi connectivity index (χ2v) is 14.7. The molecule has 0 spiro atoms. The van der Waals surface area contributed by atoms with Crippen LogP contribution in [0.25, 0.3) is 11.1 Å². The molecule has 2 aromatic rings. The highest BCUT2D eigenvalue weighted by Gasteiger charge is 2.33. The molecule has 12 heteroatoms. The van der Waals surface area contributed by atoms with Crippen molar-refractivity contribution in [1.82, 2.24) is 26.6 Å². The average molecular weight is 750 g/mol. The highest BCUT2D eigenvalue weighted by Crippen LogP contribution is 2.44. The minimum absolute atomic E-state index is 0.0635. The van der Waals surface area contributed by atoms with E-state index in [1.165, 1.54) is 6.08 Å². The Kier molecular flexibility index (Phi) is 13.2. The van der Waals surface area contributed by atoms with E-state index in [2.05, 4.69) is 45.3 Å². The van der Waals surface area contributed by atoms with Crippen molar-refractivity contribution in [3.05, 3.63) is 107 Å². The van der Waals surface area contributed by atoms with Crippen LogP contribution in [-0.2, 0) is 23.9 Å². The number of hydrogen-bond donors (Lipinski definition) is 5. The molecule has 3 atom stereocenters. The topological polar surface area (TPSA) is 164 Å². The zero-order valence-electron chi connectivity index (χ0n) is 31.4. The van der Waals surface area contributed by atoms with Gasteiger partial charge in [-0.15, -0.1) is 0 Å². The number of hydrogen-bond acceptors (Lipinski definition) is 7. The summed E-state index contributed by atoms with van der Waals surface area (Å²) in [5, 5.41) is 14.3.